The average Bonchev–Trinajstić information content (AvgIpc) is 2.97. The van der Waals surface area contributed by atoms with E-state index in [0.29, 0.717) is 21.6 Å². The molecule has 0 amide bonds. The third kappa shape index (κ3) is 2.83. The topological polar surface area (TPSA) is 21.6 Å². The molecule has 2 aliphatic rings. The van der Waals surface area contributed by atoms with E-state index in [9.17, 15) is 0 Å². The number of aliphatic imine (C=N–C) groups is 1. The van der Waals surface area contributed by atoms with Crippen molar-refractivity contribution in [2.24, 2.45) is 10.9 Å². The molecule has 0 N–H and O–H groups in total. The summed E-state index contributed by atoms with van der Waals surface area (Å²) in [6.45, 7) is 4.92. The van der Waals surface area contributed by atoms with Crippen molar-refractivity contribution in [2.75, 3.05) is 6.61 Å². The molecule has 1 unspecified atom stereocenters. The van der Waals surface area contributed by atoms with Gasteiger partial charge in [0.15, 0.2) is 0 Å². The first-order valence-electron chi connectivity index (χ1n) is 6.48. The first kappa shape index (κ1) is 12.7. The Morgan fingerprint density at radius 3 is 2.74 bits per heavy atom. The number of benzene rings is 1. The van der Waals surface area contributed by atoms with Crippen molar-refractivity contribution in [3.63, 3.8) is 0 Å². The van der Waals surface area contributed by atoms with Gasteiger partial charge in [0.25, 0.3) is 0 Å². The zero-order valence-electron chi connectivity index (χ0n) is 11.2. The molecule has 0 fully saturated rings. The van der Waals surface area contributed by atoms with Gasteiger partial charge in [0.1, 0.15) is 0 Å². The number of hydrogen-bond donors (Lipinski definition) is 0. The van der Waals surface area contributed by atoms with Gasteiger partial charge in [-0.05, 0) is 0 Å². The molecule has 0 saturated heterocycles. The Bertz CT molecular complexity index is 557. The van der Waals surface area contributed by atoms with Gasteiger partial charge in [-0.3, -0.25) is 0 Å². The quantitative estimate of drug-likeness (QED) is 0.784. The van der Waals surface area contributed by atoms with E-state index < -0.39 is 0 Å². The Labute approximate surface area is 120 Å². The Balaban J connectivity index is 1.77. The molecule has 19 heavy (non-hydrogen) atoms. The second kappa shape index (κ2) is 4.99. The molecule has 0 radical (unpaired) electrons. The van der Waals surface area contributed by atoms with Crippen LogP contribution < -0.4 is 4.46 Å². The summed E-state index contributed by atoms with van der Waals surface area (Å²) in [5, 5.41) is 0. The van der Waals surface area contributed by atoms with Crippen LogP contribution in [-0.4, -0.2) is 33.0 Å². The van der Waals surface area contributed by atoms with Crippen LogP contribution in [0.2, 0.25) is 0 Å². The molecule has 0 spiro atoms. The number of ether oxygens (including phenoxy) is 1. The summed E-state index contributed by atoms with van der Waals surface area (Å²) >= 11 is 0.341. The van der Waals surface area contributed by atoms with E-state index >= 15 is 0 Å². The van der Waals surface area contributed by atoms with Crippen LogP contribution in [0, 0.1) is 5.92 Å². The Hall–Kier alpha value is -1.31. The zero-order chi connectivity index (χ0) is 13.3. The summed E-state index contributed by atoms with van der Waals surface area (Å²) < 4.78 is 8.61. The molecule has 1 aliphatic carbocycles. The molecule has 3 heteroatoms. The fraction of sp³-hybridized carbons (Fsp3) is 0.312. The molecule has 98 valence electrons. The second-order valence-corrected chi connectivity index (χ2v) is 7.80. The Kier molecular flexibility index (Phi) is 3.34. The summed E-state index contributed by atoms with van der Waals surface area (Å²) in [5.41, 5.74) is -0.0728. The third-order valence-electron chi connectivity index (χ3n) is 3.10. The zero-order valence-corrected chi connectivity index (χ0v) is 12.9. The van der Waals surface area contributed by atoms with Crippen molar-refractivity contribution in [1.82, 2.24) is 0 Å². The summed E-state index contributed by atoms with van der Waals surface area (Å²) in [5.74, 6) is 1.14. The molecule has 0 bridgehead atoms. The monoisotopic (exact) mass is 319 g/mol. The van der Waals surface area contributed by atoms with Gasteiger partial charge in [0, 0.05) is 0 Å². The average molecular weight is 318 g/mol. The molecule has 3 rings (SSSR count). The van der Waals surface area contributed by atoms with E-state index in [4.69, 9.17) is 9.73 Å². The number of allylic oxidation sites excluding steroid dienone is 2. The van der Waals surface area contributed by atoms with Gasteiger partial charge >= 0.3 is 120 Å². The SMILES string of the molecule is CC1(C)COC(C2C=CC=C2[Se]c2ccccc2)=N1. The normalized spacial score (nSPS) is 24.0. The summed E-state index contributed by atoms with van der Waals surface area (Å²) in [6, 6.07) is 10.6. The molecule has 1 heterocycles. The van der Waals surface area contributed by atoms with Gasteiger partial charge in [0.05, 0.1) is 0 Å². The standard InChI is InChI=1S/C16H17NOSe/c1-16(2)11-18-15(17-16)13-9-6-10-14(13)19-12-7-4-3-5-8-12/h3-10,13H,11H2,1-2H3. The summed E-state index contributed by atoms with van der Waals surface area (Å²) in [6.07, 6.45) is 6.54. The Morgan fingerprint density at radius 1 is 1.26 bits per heavy atom. The van der Waals surface area contributed by atoms with Crippen LogP contribution in [0.4, 0.5) is 0 Å². The molecular formula is C16H17NOSe. The van der Waals surface area contributed by atoms with Crippen LogP contribution in [0.1, 0.15) is 13.8 Å². The maximum absolute atomic E-state index is 5.79. The Morgan fingerprint density at radius 2 is 2.05 bits per heavy atom. The molecule has 0 saturated carbocycles. The van der Waals surface area contributed by atoms with E-state index in [1.807, 2.05) is 0 Å². The molecule has 1 atom stereocenters. The van der Waals surface area contributed by atoms with Gasteiger partial charge in [-0.2, -0.15) is 0 Å². The van der Waals surface area contributed by atoms with Crippen molar-refractivity contribution in [3.05, 3.63) is 53.0 Å². The number of rotatable bonds is 3. The van der Waals surface area contributed by atoms with Gasteiger partial charge in [-0.15, -0.1) is 0 Å². The van der Waals surface area contributed by atoms with E-state index in [1.54, 1.807) is 0 Å². The number of hydrogen-bond acceptors (Lipinski definition) is 2. The van der Waals surface area contributed by atoms with Crippen molar-refractivity contribution >= 4 is 25.3 Å². The molecule has 2 nitrogen and oxygen atoms in total. The van der Waals surface area contributed by atoms with Crippen LogP contribution >= 0.6 is 0 Å². The minimum atomic E-state index is -0.0728. The van der Waals surface area contributed by atoms with Crippen molar-refractivity contribution < 1.29 is 4.74 Å². The molecular weight excluding hydrogens is 301 g/mol. The first-order valence-corrected chi connectivity index (χ1v) is 8.19. The van der Waals surface area contributed by atoms with Gasteiger partial charge in [-0.1, -0.05) is 0 Å². The van der Waals surface area contributed by atoms with Crippen molar-refractivity contribution in [3.8, 4) is 0 Å². The van der Waals surface area contributed by atoms with Crippen LogP contribution in [0.25, 0.3) is 0 Å². The van der Waals surface area contributed by atoms with E-state index in [-0.39, 0.29) is 11.5 Å². The fourth-order valence-electron chi connectivity index (χ4n) is 2.16. The minimum absolute atomic E-state index is 0.0728. The summed E-state index contributed by atoms with van der Waals surface area (Å²) in [7, 11) is 0. The van der Waals surface area contributed by atoms with E-state index in [0.717, 1.165) is 5.90 Å². The summed E-state index contributed by atoms with van der Waals surface area (Å²) in [4.78, 5) is 4.71. The van der Waals surface area contributed by atoms with Crippen molar-refractivity contribution in [1.29, 1.82) is 0 Å². The third-order valence-corrected chi connectivity index (χ3v) is 5.48. The molecule has 1 aromatic rings. The predicted octanol–water partition coefficient (Wildman–Crippen LogP) is 2.29. The van der Waals surface area contributed by atoms with E-state index in [2.05, 4.69) is 62.4 Å². The molecule has 0 aromatic heterocycles. The fourth-order valence-corrected chi connectivity index (χ4v) is 4.30. The van der Waals surface area contributed by atoms with Crippen LogP contribution in [0.3, 0.4) is 0 Å². The molecule has 1 aliphatic heterocycles. The predicted molar refractivity (Wildman–Crippen MR) is 80.0 cm³/mol. The van der Waals surface area contributed by atoms with Crippen molar-refractivity contribution in [2.45, 2.75) is 19.4 Å². The van der Waals surface area contributed by atoms with Gasteiger partial charge in [0.2, 0.25) is 0 Å². The van der Waals surface area contributed by atoms with Crippen LogP contribution in [-0.2, 0) is 4.74 Å². The number of nitrogens with zero attached hydrogens (tertiary/aromatic N) is 1. The van der Waals surface area contributed by atoms with E-state index in [1.165, 1.54) is 8.93 Å². The van der Waals surface area contributed by atoms with Gasteiger partial charge < -0.3 is 0 Å². The van der Waals surface area contributed by atoms with Crippen LogP contribution in [0.15, 0.2) is 58.0 Å². The molecule has 1 aromatic carbocycles. The second-order valence-electron chi connectivity index (χ2n) is 5.40. The first-order chi connectivity index (χ1) is 9.14. The van der Waals surface area contributed by atoms with Crippen LogP contribution in [0.5, 0.6) is 0 Å². The van der Waals surface area contributed by atoms with Gasteiger partial charge in [-0.25, -0.2) is 0 Å². The maximum atomic E-state index is 5.79.